The number of rotatable bonds is 20. The standard InChI is InChI=1S/C42H55ClFN3O9/c1-4-22-53-42-37(47(41(51)52-23-19-43)27-28-13-15-30(44)16-14-28)26-35(46-54-6-3)33-24-29(11-7-9-20-48)32(12-8-10-21-49)38(39(33)42)34-25-31(17-18-36(34)56-42)55-40(50)45-5-2/h4,13-18,24-25,29,32,37-39,48-49H,1,5-12,19-23,26-27H2,2-3H3,(H,45,50)/t29-,32+,37-,38+,39+,42+/m0/s1. The number of hydrogen-bond donors (Lipinski definition) is 3. The second kappa shape index (κ2) is 20.8. The van der Waals surface area contributed by atoms with Gasteiger partial charge in [0.2, 0.25) is 5.79 Å². The molecule has 2 aromatic carbocycles. The normalized spacial score (nSPS) is 24.2. The van der Waals surface area contributed by atoms with E-state index in [9.17, 15) is 24.2 Å². The molecule has 1 aliphatic heterocycles. The number of ether oxygens (including phenoxy) is 4. The highest BCUT2D eigenvalue weighted by Crippen LogP contribution is 2.62. The number of hydrogen-bond acceptors (Lipinski definition) is 10. The maximum absolute atomic E-state index is 14.3. The lowest BCUT2D eigenvalue weighted by atomic mass is 9.55. The topological polar surface area (TPSA) is 148 Å². The van der Waals surface area contributed by atoms with Crippen LogP contribution in [0.15, 0.2) is 71.9 Å². The highest BCUT2D eigenvalue weighted by molar-refractivity contribution is 6.18. The summed E-state index contributed by atoms with van der Waals surface area (Å²) in [7, 11) is 0. The maximum atomic E-state index is 14.3. The third-order valence-electron chi connectivity index (χ3n) is 10.7. The third-order valence-corrected chi connectivity index (χ3v) is 10.8. The summed E-state index contributed by atoms with van der Waals surface area (Å²) in [5.74, 6) is -2.00. The number of benzene rings is 2. The van der Waals surface area contributed by atoms with E-state index in [1.165, 1.54) is 12.1 Å². The van der Waals surface area contributed by atoms with Crippen LogP contribution in [0.2, 0.25) is 0 Å². The molecule has 0 spiro atoms. The molecule has 306 valence electrons. The van der Waals surface area contributed by atoms with Gasteiger partial charge >= 0.3 is 12.2 Å². The van der Waals surface area contributed by atoms with Crippen molar-refractivity contribution < 1.29 is 48.0 Å². The average molecular weight is 800 g/mol. The van der Waals surface area contributed by atoms with Crippen molar-refractivity contribution >= 4 is 29.5 Å². The molecule has 56 heavy (non-hydrogen) atoms. The van der Waals surface area contributed by atoms with Gasteiger partial charge in [-0.15, -0.1) is 18.2 Å². The zero-order chi connectivity index (χ0) is 40.1. The second-order valence-corrected chi connectivity index (χ2v) is 14.5. The van der Waals surface area contributed by atoms with Crippen molar-refractivity contribution in [3.63, 3.8) is 0 Å². The molecule has 12 nitrogen and oxygen atoms in total. The van der Waals surface area contributed by atoms with Crippen molar-refractivity contribution in [2.45, 2.75) is 83.1 Å². The average Bonchev–Trinajstić information content (AvgIpc) is 3.19. The lowest BCUT2D eigenvalue weighted by Crippen LogP contribution is -2.70. The highest BCUT2D eigenvalue weighted by atomic mass is 35.5. The number of oxime groups is 1. The van der Waals surface area contributed by atoms with Gasteiger partial charge < -0.3 is 39.3 Å². The first-order valence-electron chi connectivity index (χ1n) is 19.6. The van der Waals surface area contributed by atoms with Gasteiger partial charge in [-0.25, -0.2) is 14.0 Å². The first-order valence-corrected chi connectivity index (χ1v) is 20.2. The second-order valence-electron chi connectivity index (χ2n) is 14.2. The Morgan fingerprint density at radius 3 is 2.54 bits per heavy atom. The van der Waals surface area contributed by atoms with E-state index in [-0.39, 0.29) is 63.0 Å². The van der Waals surface area contributed by atoms with Crippen molar-refractivity contribution in [1.82, 2.24) is 10.2 Å². The van der Waals surface area contributed by atoms with Crippen molar-refractivity contribution in [3.8, 4) is 11.5 Å². The van der Waals surface area contributed by atoms with Crippen LogP contribution in [0.4, 0.5) is 14.0 Å². The van der Waals surface area contributed by atoms with Crippen LogP contribution in [0, 0.1) is 23.6 Å². The quantitative estimate of drug-likeness (QED) is 0.0537. The molecule has 0 bridgehead atoms. The minimum Gasteiger partial charge on any atom is -0.459 e. The van der Waals surface area contributed by atoms with Gasteiger partial charge in [0.25, 0.3) is 0 Å². The number of carbonyl (C=O) groups is 2. The largest absolute Gasteiger partial charge is 0.459 e. The third kappa shape index (κ3) is 9.85. The van der Waals surface area contributed by atoms with Gasteiger partial charge in [0.05, 0.1) is 24.1 Å². The van der Waals surface area contributed by atoms with E-state index in [0.717, 1.165) is 36.8 Å². The van der Waals surface area contributed by atoms with E-state index >= 15 is 0 Å². The number of nitrogens with one attached hydrogen (secondary N) is 1. The van der Waals surface area contributed by atoms with Crippen LogP contribution in [0.1, 0.15) is 75.8 Å². The Morgan fingerprint density at radius 2 is 1.86 bits per heavy atom. The molecule has 1 fully saturated rings. The molecule has 14 heteroatoms. The van der Waals surface area contributed by atoms with E-state index in [4.69, 9.17) is 35.4 Å². The molecular formula is C42H55ClFN3O9. The number of aliphatic hydroxyl groups excluding tert-OH is 2. The number of alkyl halides is 1. The molecule has 5 rings (SSSR count). The van der Waals surface area contributed by atoms with Crippen LogP contribution < -0.4 is 14.8 Å². The molecule has 2 amide bonds. The number of amides is 2. The predicted molar refractivity (Wildman–Crippen MR) is 210 cm³/mol. The number of halogens is 2. The van der Waals surface area contributed by atoms with Gasteiger partial charge in [-0.3, -0.25) is 4.90 Å². The molecule has 2 aliphatic carbocycles. The zero-order valence-corrected chi connectivity index (χ0v) is 33.1. The maximum Gasteiger partial charge on any atom is 0.412 e. The summed E-state index contributed by atoms with van der Waals surface area (Å²) in [6.45, 7) is 8.44. The SMILES string of the molecule is C=CCO[C@@]12Oc3ccc(OC(=O)NCC)cc3[C@H]3[C@H](CCCCO)[C@@H](CCCCO)C=C(C(=NOCC)C[C@@H]1N(Cc1ccc(F)cc1)C(=O)OCCCl)[C@H]32. The molecule has 1 heterocycles. The fourth-order valence-electron chi connectivity index (χ4n) is 8.44. The molecule has 1 saturated carbocycles. The Bertz CT molecular complexity index is 1690. The summed E-state index contributed by atoms with van der Waals surface area (Å²) < 4.78 is 39.6. The van der Waals surface area contributed by atoms with Crippen LogP contribution in [-0.4, -0.2) is 90.3 Å². The summed E-state index contributed by atoms with van der Waals surface area (Å²) in [5.41, 5.74) is 2.91. The number of carbonyl (C=O) groups excluding carboxylic acids is 2. The van der Waals surface area contributed by atoms with Crippen molar-refractivity contribution in [2.75, 3.05) is 45.5 Å². The zero-order valence-electron chi connectivity index (χ0n) is 32.3. The van der Waals surface area contributed by atoms with Crippen LogP contribution >= 0.6 is 11.6 Å². The highest BCUT2D eigenvalue weighted by Gasteiger charge is 2.65. The number of unbranched alkanes of at least 4 members (excludes halogenated alkanes) is 2. The van der Waals surface area contributed by atoms with E-state index < -0.39 is 35.8 Å². The lowest BCUT2D eigenvalue weighted by molar-refractivity contribution is -0.256. The van der Waals surface area contributed by atoms with Crippen LogP contribution in [0.25, 0.3) is 0 Å². The summed E-state index contributed by atoms with van der Waals surface area (Å²) in [6, 6.07) is 10.3. The number of fused-ring (bicyclic) bond motifs is 2. The molecule has 6 atom stereocenters. The molecule has 3 N–H and O–H groups in total. The fourth-order valence-corrected chi connectivity index (χ4v) is 8.52. The van der Waals surface area contributed by atoms with Gasteiger partial charge in [-0.2, -0.15) is 0 Å². The Kier molecular flexibility index (Phi) is 16.0. The number of allylic oxidation sites excluding steroid dienone is 1. The van der Waals surface area contributed by atoms with Crippen molar-refractivity contribution in [3.05, 3.63) is 83.7 Å². The smallest absolute Gasteiger partial charge is 0.412 e. The van der Waals surface area contributed by atoms with E-state index in [2.05, 4.69) is 23.1 Å². The Balaban J connectivity index is 1.79. The van der Waals surface area contributed by atoms with E-state index in [1.54, 1.807) is 42.2 Å². The van der Waals surface area contributed by atoms with E-state index in [0.29, 0.717) is 48.8 Å². The Labute approximate surface area is 333 Å². The molecule has 0 radical (unpaired) electrons. The molecule has 3 aliphatic rings. The minimum absolute atomic E-state index is 0.0138. The van der Waals surface area contributed by atoms with E-state index in [1.807, 2.05) is 13.0 Å². The van der Waals surface area contributed by atoms with Gasteiger partial charge in [0, 0.05) is 44.2 Å². The summed E-state index contributed by atoms with van der Waals surface area (Å²) in [5, 5.41) is 27.0. The number of aliphatic hydroxyl groups is 2. The number of nitrogens with zero attached hydrogens (tertiary/aromatic N) is 2. The summed E-state index contributed by atoms with van der Waals surface area (Å²) in [4.78, 5) is 34.2. The van der Waals surface area contributed by atoms with Crippen LogP contribution in [0.3, 0.4) is 0 Å². The molecule has 0 saturated heterocycles. The van der Waals surface area contributed by atoms with Gasteiger partial charge in [0.1, 0.15) is 36.6 Å². The first-order chi connectivity index (χ1) is 27.2. The molecular weight excluding hydrogens is 745 g/mol. The van der Waals surface area contributed by atoms with Gasteiger partial charge in [0.15, 0.2) is 0 Å². The van der Waals surface area contributed by atoms with Crippen molar-refractivity contribution in [2.24, 2.45) is 22.9 Å². The molecule has 0 unspecified atom stereocenters. The Hall–Kier alpha value is -4.17. The molecule has 2 aromatic rings. The Morgan fingerprint density at radius 1 is 1.11 bits per heavy atom. The van der Waals surface area contributed by atoms with Crippen molar-refractivity contribution in [1.29, 1.82) is 0 Å². The summed E-state index contributed by atoms with van der Waals surface area (Å²) in [6.07, 6.45) is 7.02. The predicted octanol–water partition coefficient (Wildman–Crippen LogP) is 7.47. The fraction of sp³-hybridized carbons (Fsp3) is 0.548. The molecule has 0 aromatic heterocycles. The first kappa shape index (κ1) is 43.0. The lowest BCUT2D eigenvalue weighted by Gasteiger charge is -2.59. The van der Waals surface area contributed by atoms with Crippen LogP contribution in [-0.2, 0) is 20.9 Å². The summed E-state index contributed by atoms with van der Waals surface area (Å²) >= 11 is 6.00. The van der Waals surface area contributed by atoms with Gasteiger partial charge in [-0.1, -0.05) is 42.3 Å². The minimum atomic E-state index is -1.55. The monoisotopic (exact) mass is 799 g/mol. The van der Waals surface area contributed by atoms with Gasteiger partial charge in [-0.05, 0) is 92.8 Å². The van der Waals surface area contributed by atoms with Crippen LogP contribution in [0.5, 0.6) is 11.5 Å².